The molecule has 0 bridgehead atoms. The summed E-state index contributed by atoms with van der Waals surface area (Å²) in [7, 11) is 3.79. The van der Waals surface area contributed by atoms with Gasteiger partial charge in [-0.2, -0.15) is 5.10 Å². The highest BCUT2D eigenvalue weighted by Gasteiger charge is 2.26. The van der Waals surface area contributed by atoms with E-state index in [4.69, 9.17) is 0 Å². The summed E-state index contributed by atoms with van der Waals surface area (Å²) < 4.78 is 1.87. The molecule has 3 heterocycles. The molecular weight excluding hydrogens is 465 g/mol. The molecule has 4 rings (SSSR count). The van der Waals surface area contributed by atoms with E-state index in [0.29, 0.717) is 12.5 Å². The quantitative estimate of drug-likeness (QED) is 0.335. The lowest BCUT2D eigenvalue weighted by atomic mass is 10.0. The van der Waals surface area contributed by atoms with Gasteiger partial charge >= 0.3 is 0 Å². The molecule has 0 amide bonds. The minimum atomic E-state index is 0. The molecule has 148 valence electrons. The number of nitrogens with one attached hydrogen (secondary N) is 2. The van der Waals surface area contributed by atoms with Crippen molar-refractivity contribution in [1.29, 1.82) is 0 Å². The number of likely N-dealkylation sites (tertiary alicyclic amines) is 1. The van der Waals surface area contributed by atoms with Crippen molar-refractivity contribution in [2.75, 3.05) is 20.1 Å². The van der Waals surface area contributed by atoms with Crippen LogP contribution in [0.25, 0.3) is 11.3 Å². The SMILES string of the molecule is CN=C(NCc1ncc(-c2ccccc2)[nH]1)N1CCC(c2cnn(C)c2)C1.I. The van der Waals surface area contributed by atoms with Crippen molar-refractivity contribution in [3.05, 3.63) is 60.3 Å². The van der Waals surface area contributed by atoms with Crippen molar-refractivity contribution in [2.24, 2.45) is 12.0 Å². The molecule has 1 fully saturated rings. The summed E-state index contributed by atoms with van der Waals surface area (Å²) in [4.78, 5) is 14.6. The number of benzene rings is 1. The van der Waals surface area contributed by atoms with Crippen molar-refractivity contribution >= 4 is 29.9 Å². The van der Waals surface area contributed by atoms with E-state index >= 15 is 0 Å². The molecule has 0 saturated carbocycles. The molecule has 1 aliphatic rings. The summed E-state index contributed by atoms with van der Waals surface area (Å²) in [6.45, 7) is 2.57. The second-order valence-corrected chi connectivity index (χ2v) is 6.89. The number of hydrogen-bond donors (Lipinski definition) is 2. The number of H-pyrrole nitrogens is 1. The minimum Gasteiger partial charge on any atom is -0.349 e. The second-order valence-electron chi connectivity index (χ2n) is 6.89. The van der Waals surface area contributed by atoms with Crippen LogP contribution in [0, 0.1) is 0 Å². The van der Waals surface area contributed by atoms with Gasteiger partial charge in [0.1, 0.15) is 5.82 Å². The largest absolute Gasteiger partial charge is 0.349 e. The van der Waals surface area contributed by atoms with Crippen LogP contribution in [0.3, 0.4) is 0 Å². The molecule has 1 unspecified atom stereocenters. The van der Waals surface area contributed by atoms with E-state index in [9.17, 15) is 0 Å². The number of rotatable bonds is 4. The van der Waals surface area contributed by atoms with Crippen LogP contribution in [-0.4, -0.2) is 50.7 Å². The molecule has 8 heteroatoms. The highest BCUT2D eigenvalue weighted by Crippen LogP contribution is 2.26. The maximum atomic E-state index is 4.49. The average molecular weight is 491 g/mol. The van der Waals surface area contributed by atoms with Gasteiger partial charge in [-0.15, -0.1) is 24.0 Å². The molecule has 3 aromatic rings. The Balaban J connectivity index is 0.00000225. The summed E-state index contributed by atoms with van der Waals surface area (Å²) in [6.07, 6.45) is 7.07. The number of aliphatic imine (C=N–C) groups is 1. The van der Waals surface area contributed by atoms with E-state index in [2.05, 4.69) is 48.6 Å². The van der Waals surface area contributed by atoms with Crippen LogP contribution in [0.2, 0.25) is 0 Å². The molecule has 1 saturated heterocycles. The molecule has 0 radical (unpaired) electrons. The zero-order valence-corrected chi connectivity index (χ0v) is 18.5. The third-order valence-corrected chi connectivity index (χ3v) is 5.02. The van der Waals surface area contributed by atoms with Gasteiger partial charge in [0.05, 0.1) is 24.6 Å². The zero-order valence-electron chi connectivity index (χ0n) is 16.2. The van der Waals surface area contributed by atoms with Crippen LogP contribution in [0.5, 0.6) is 0 Å². The number of hydrogen-bond acceptors (Lipinski definition) is 3. The average Bonchev–Trinajstić information content (AvgIpc) is 3.44. The fourth-order valence-electron chi connectivity index (χ4n) is 3.59. The molecule has 2 N–H and O–H groups in total. The van der Waals surface area contributed by atoms with Crippen LogP contribution in [-0.2, 0) is 13.6 Å². The summed E-state index contributed by atoms with van der Waals surface area (Å²) >= 11 is 0. The van der Waals surface area contributed by atoms with Crippen molar-refractivity contribution in [1.82, 2.24) is 30.0 Å². The minimum absolute atomic E-state index is 0. The highest BCUT2D eigenvalue weighted by molar-refractivity contribution is 14.0. The van der Waals surface area contributed by atoms with Crippen molar-refractivity contribution in [2.45, 2.75) is 18.9 Å². The number of aromatic amines is 1. The zero-order chi connectivity index (χ0) is 18.6. The molecule has 1 atom stereocenters. The molecule has 28 heavy (non-hydrogen) atoms. The predicted molar refractivity (Wildman–Crippen MR) is 122 cm³/mol. The Bertz CT molecular complexity index is 916. The van der Waals surface area contributed by atoms with E-state index < -0.39 is 0 Å². The first-order chi connectivity index (χ1) is 13.2. The lowest BCUT2D eigenvalue weighted by Gasteiger charge is -2.21. The van der Waals surface area contributed by atoms with E-state index in [1.807, 2.05) is 49.4 Å². The Morgan fingerprint density at radius 3 is 2.82 bits per heavy atom. The number of halogens is 1. The second kappa shape index (κ2) is 9.22. The summed E-state index contributed by atoms with van der Waals surface area (Å²) in [5.41, 5.74) is 3.47. The Morgan fingerprint density at radius 2 is 2.11 bits per heavy atom. The number of aryl methyl sites for hydroxylation is 1. The molecule has 7 nitrogen and oxygen atoms in total. The smallest absolute Gasteiger partial charge is 0.194 e. The lowest BCUT2D eigenvalue weighted by Crippen LogP contribution is -2.39. The van der Waals surface area contributed by atoms with Gasteiger partial charge in [0.15, 0.2) is 5.96 Å². The van der Waals surface area contributed by atoms with Crippen LogP contribution >= 0.6 is 24.0 Å². The standard InChI is InChI=1S/C20H25N7.HI/c1-21-20(27-9-8-16(14-27)17-10-24-26(2)13-17)23-12-19-22-11-18(25-19)15-6-4-3-5-7-15;/h3-7,10-11,13,16H,8-9,12,14H2,1-2H3,(H,21,23)(H,22,25);1H. The molecule has 0 aliphatic carbocycles. The Hall–Kier alpha value is -2.36. The van der Waals surface area contributed by atoms with Gasteiger partial charge in [0.2, 0.25) is 0 Å². The number of aromatic nitrogens is 4. The number of imidazole rings is 1. The van der Waals surface area contributed by atoms with Crippen LogP contribution in [0.15, 0.2) is 53.9 Å². The van der Waals surface area contributed by atoms with Crippen molar-refractivity contribution < 1.29 is 0 Å². The maximum absolute atomic E-state index is 4.49. The molecule has 1 aromatic carbocycles. The third-order valence-electron chi connectivity index (χ3n) is 5.02. The van der Waals surface area contributed by atoms with E-state index in [1.54, 1.807) is 0 Å². The van der Waals surface area contributed by atoms with Gasteiger partial charge in [-0.1, -0.05) is 30.3 Å². The van der Waals surface area contributed by atoms with Gasteiger partial charge in [0.25, 0.3) is 0 Å². The predicted octanol–water partition coefficient (Wildman–Crippen LogP) is 2.99. The van der Waals surface area contributed by atoms with Crippen LogP contribution in [0.4, 0.5) is 0 Å². The fraction of sp³-hybridized carbons (Fsp3) is 0.350. The van der Waals surface area contributed by atoms with Crippen molar-refractivity contribution in [3.63, 3.8) is 0 Å². The first kappa shape index (κ1) is 20.4. The maximum Gasteiger partial charge on any atom is 0.194 e. The first-order valence-corrected chi connectivity index (χ1v) is 9.26. The molecule has 0 spiro atoms. The topological polar surface area (TPSA) is 74.1 Å². The monoisotopic (exact) mass is 491 g/mol. The third kappa shape index (κ3) is 4.54. The van der Waals surface area contributed by atoms with E-state index in [1.165, 1.54) is 5.56 Å². The molecule has 2 aromatic heterocycles. The Morgan fingerprint density at radius 1 is 1.29 bits per heavy atom. The molecular formula is C20H26IN7. The van der Waals surface area contributed by atoms with Gasteiger partial charge in [-0.05, 0) is 17.5 Å². The van der Waals surface area contributed by atoms with Crippen molar-refractivity contribution in [3.8, 4) is 11.3 Å². The van der Waals surface area contributed by atoms with Gasteiger partial charge < -0.3 is 15.2 Å². The van der Waals surface area contributed by atoms with E-state index in [-0.39, 0.29) is 24.0 Å². The number of nitrogens with zero attached hydrogens (tertiary/aromatic N) is 5. The molecule has 1 aliphatic heterocycles. The summed E-state index contributed by atoms with van der Waals surface area (Å²) in [6, 6.07) is 10.2. The lowest BCUT2D eigenvalue weighted by molar-refractivity contribution is 0.484. The Labute approximate surface area is 182 Å². The van der Waals surface area contributed by atoms with Gasteiger partial charge in [-0.25, -0.2) is 4.98 Å². The fourth-order valence-corrected chi connectivity index (χ4v) is 3.59. The summed E-state index contributed by atoms with van der Waals surface area (Å²) in [5, 5.41) is 7.73. The summed E-state index contributed by atoms with van der Waals surface area (Å²) in [5.74, 6) is 2.32. The Kier molecular flexibility index (Phi) is 6.71. The van der Waals surface area contributed by atoms with Gasteiger partial charge in [0, 0.05) is 39.3 Å². The van der Waals surface area contributed by atoms with Crippen LogP contribution < -0.4 is 5.32 Å². The first-order valence-electron chi connectivity index (χ1n) is 9.26. The van der Waals surface area contributed by atoms with Crippen LogP contribution in [0.1, 0.15) is 23.7 Å². The highest BCUT2D eigenvalue weighted by atomic mass is 127. The number of guanidine groups is 1. The normalized spacial score (nSPS) is 16.9. The van der Waals surface area contributed by atoms with E-state index in [0.717, 1.165) is 42.6 Å². The van der Waals surface area contributed by atoms with Gasteiger partial charge in [-0.3, -0.25) is 9.67 Å².